The number of amides is 1. The van der Waals surface area contributed by atoms with Crippen molar-refractivity contribution in [3.63, 3.8) is 0 Å². The van der Waals surface area contributed by atoms with E-state index in [1.165, 1.54) is 17.0 Å². The fourth-order valence-electron chi connectivity index (χ4n) is 2.95. The number of nitrogens with zero attached hydrogens (tertiary/aromatic N) is 5. The molecule has 11 heteroatoms. The number of anilines is 1. The zero-order valence-electron chi connectivity index (χ0n) is 17.1. The van der Waals surface area contributed by atoms with Crippen molar-refractivity contribution in [2.24, 2.45) is 0 Å². The number of para-hydroxylation sites is 1. The molecule has 0 bridgehead atoms. The van der Waals surface area contributed by atoms with Crippen LogP contribution in [0.5, 0.6) is 0 Å². The first-order valence-electron chi connectivity index (χ1n) is 9.55. The van der Waals surface area contributed by atoms with Crippen molar-refractivity contribution < 1.29 is 18.0 Å². The molecular formula is C20H21F3N6O2. The Kier molecular flexibility index (Phi) is 6.42. The van der Waals surface area contributed by atoms with Crippen molar-refractivity contribution in [2.45, 2.75) is 33.5 Å². The highest BCUT2D eigenvalue weighted by Crippen LogP contribution is 2.21. The van der Waals surface area contributed by atoms with Crippen LogP contribution in [-0.2, 0) is 6.67 Å². The van der Waals surface area contributed by atoms with Crippen LogP contribution >= 0.6 is 0 Å². The number of benzene rings is 2. The minimum Gasteiger partial charge on any atom is -0.350 e. The topological polar surface area (TPSA) is 85.1 Å². The first kappa shape index (κ1) is 22.1. The number of nitrogens with one attached hydrogen (secondary N) is 1. The van der Waals surface area contributed by atoms with Crippen LogP contribution in [0, 0.1) is 17.5 Å². The second-order valence-electron chi connectivity index (χ2n) is 7.03. The second kappa shape index (κ2) is 9.02. The van der Waals surface area contributed by atoms with Crippen LogP contribution < -0.4 is 15.9 Å². The molecule has 1 N–H and O–H groups in total. The summed E-state index contributed by atoms with van der Waals surface area (Å²) in [4.78, 5) is 26.1. The highest BCUT2D eigenvalue weighted by atomic mass is 19.1. The Hall–Kier alpha value is -3.63. The van der Waals surface area contributed by atoms with Gasteiger partial charge in [-0.1, -0.05) is 6.07 Å². The molecule has 3 rings (SSSR count). The average Bonchev–Trinajstić information content (AvgIpc) is 3.06. The van der Waals surface area contributed by atoms with Crippen LogP contribution in [0.4, 0.5) is 18.9 Å². The monoisotopic (exact) mass is 434 g/mol. The zero-order chi connectivity index (χ0) is 22.7. The van der Waals surface area contributed by atoms with E-state index < -0.39 is 34.7 Å². The van der Waals surface area contributed by atoms with Gasteiger partial charge in [0.15, 0.2) is 11.6 Å². The van der Waals surface area contributed by atoms with Gasteiger partial charge in [0.1, 0.15) is 18.2 Å². The number of hydrogen-bond acceptors (Lipinski definition) is 5. The van der Waals surface area contributed by atoms with E-state index in [1.807, 2.05) is 0 Å². The zero-order valence-corrected chi connectivity index (χ0v) is 17.1. The van der Waals surface area contributed by atoms with Crippen molar-refractivity contribution in [3.8, 4) is 5.69 Å². The van der Waals surface area contributed by atoms with E-state index in [1.54, 1.807) is 20.8 Å². The van der Waals surface area contributed by atoms with Crippen molar-refractivity contribution in [3.05, 3.63) is 69.9 Å². The largest absolute Gasteiger partial charge is 0.370 e. The smallest absolute Gasteiger partial charge is 0.350 e. The van der Waals surface area contributed by atoms with Gasteiger partial charge in [-0.2, -0.15) is 9.36 Å². The fourth-order valence-corrected chi connectivity index (χ4v) is 2.95. The summed E-state index contributed by atoms with van der Waals surface area (Å²) < 4.78 is 44.0. The van der Waals surface area contributed by atoms with Crippen molar-refractivity contribution >= 4 is 11.6 Å². The number of rotatable bonds is 7. The van der Waals surface area contributed by atoms with E-state index >= 15 is 0 Å². The maximum absolute atomic E-state index is 14.7. The lowest BCUT2D eigenvalue weighted by atomic mass is 10.1. The third-order valence-corrected chi connectivity index (χ3v) is 4.45. The summed E-state index contributed by atoms with van der Waals surface area (Å²) in [6, 6.07) is 7.03. The highest BCUT2D eigenvalue weighted by molar-refractivity contribution is 5.94. The number of hydrogen-bond donors (Lipinski definition) is 1. The minimum atomic E-state index is -0.970. The van der Waals surface area contributed by atoms with Gasteiger partial charge >= 0.3 is 5.69 Å². The van der Waals surface area contributed by atoms with Crippen molar-refractivity contribution in [2.75, 3.05) is 11.4 Å². The summed E-state index contributed by atoms with van der Waals surface area (Å²) in [6.45, 7) is 5.37. The lowest BCUT2D eigenvalue weighted by Gasteiger charge is -2.23. The molecular weight excluding hydrogens is 413 g/mol. The Morgan fingerprint density at radius 2 is 1.77 bits per heavy atom. The van der Waals surface area contributed by atoms with Gasteiger partial charge in [-0.05, 0) is 61.5 Å². The summed E-state index contributed by atoms with van der Waals surface area (Å²) in [6.07, 6.45) is 0. The van der Waals surface area contributed by atoms with Gasteiger partial charge in [0, 0.05) is 18.2 Å². The van der Waals surface area contributed by atoms with E-state index in [0.29, 0.717) is 4.68 Å². The Bertz CT molecular complexity index is 1140. The molecule has 1 heterocycles. The lowest BCUT2D eigenvalue weighted by Crippen LogP contribution is -2.34. The number of carbonyl (C=O) groups excluding carboxylic acids is 1. The predicted octanol–water partition coefficient (Wildman–Crippen LogP) is 2.47. The van der Waals surface area contributed by atoms with E-state index in [-0.39, 0.29) is 30.5 Å². The standard InChI is InChI=1S/C20H21F3N6O2/c1-4-27(17-9-8-13(10-16(17)23)19(30)24-12(2)3)11-28-20(31)29(26-25-28)18-14(21)6-5-7-15(18)22/h5-10,12H,4,11H2,1-3H3,(H,24,30). The van der Waals surface area contributed by atoms with Gasteiger partial charge in [-0.3, -0.25) is 4.79 Å². The molecule has 0 aliphatic heterocycles. The number of halogens is 3. The fraction of sp³-hybridized carbons (Fsp3) is 0.300. The molecule has 2 aromatic carbocycles. The SMILES string of the molecule is CCN(Cn1nnn(-c2c(F)cccc2F)c1=O)c1ccc(C(=O)NC(C)C)cc1F. The lowest BCUT2D eigenvalue weighted by molar-refractivity contribution is 0.0942. The highest BCUT2D eigenvalue weighted by Gasteiger charge is 2.20. The predicted molar refractivity (Wildman–Crippen MR) is 108 cm³/mol. The molecule has 0 aliphatic carbocycles. The van der Waals surface area contributed by atoms with E-state index in [9.17, 15) is 22.8 Å². The molecule has 3 aromatic rings. The van der Waals surface area contributed by atoms with Crippen LogP contribution in [0.1, 0.15) is 31.1 Å². The molecule has 1 amide bonds. The van der Waals surface area contributed by atoms with Gasteiger partial charge in [0.2, 0.25) is 0 Å². The first-order chi connectivity index (χ1) is 14.7. The summed E-state index contributed by atoms with van der Waals surface area (Å²) in [5.41, 5.74) is -1.25. The average molecular weight is 434 g/mol. The van der Waals surface area contributed by atoms with Crippen LogP contribution in [-0.4, -0.2) is 38.3 Å². The third-order valence-electron chi connectivity index (χ3n) is 4.45. The molecule has 0 spiro atoms. The van der Waals surface area contributed by atoms with Gasteiger partial charge in [0.05, 0.1) is 5.69 Å². The molecule has 1 aromatic heterocycles. The first-order valence-corrected chi connectivity index (χ1v) is 9.55. The van der Waals surface area contributed by atoms with Crippen LogP contribution in [0.15, 0.2) is 41.2 Å². The molecule has 0 saturated heterocycles. The molecule has 164 valence electrons. The number of aromatic nitrogens is 4. The van der Waals surface area contributed by atoms with Gasteiger partial charge < -0.3 is 10.2 Å². The Morgan fingerprint density at radius 3 is 2.35 bits per heavy atom. The normalized spacial score (nSPS) is 11.1. The molecule has 0 radical (unpaired) electrons. The van der Waals surface area contributed by atoms with E-state index in [0.717, 1.165) is 28.9 Å². The maximum atomic E-state index is 14.7. The number of tetrazole rings is 1. The molecule has 0 fully saturated rings. The maximum Gasteiger partial charge on any atom is 0.370 e. The molecule has 0 atom stereocenters. The summed E-state index contributed by atoms with van der Waals surface area (Å²) in [5, 5.41) is 9.87. The van der Waals surface area contributed by atoms with Crippen molar-refractivity contribution in [1.82, 2.24) is 25.1 Å². The van der Waals surface area contributed by atoms with Crippen molar-refractivity contribution in [1.29, 1.82) is 0 Å². The minimum absolute atomic E-state index is 0.101. The Morgan fingerprint density at radius 1 is 1.10 bits per heavy atom. The quantitative estimate of drug-likeness (QED) is 0.618. The van der Waals surface area contributed by atoms with Gasteiger partial charge in [0.25, 0.3) is 5.91 Å². The molecule has 8 nitrogen and oxygen atoms in total. The van der Waals surface area contributed by atoms with Crippen LogP contribution in [0.3, 0.4) is 0 Å². The molecule has 0 aliphatic rings. The summed E-state index contributed by atoms with van der Waals surface area (Å²) in [7, 11) is 0. The molecule has 0 saturated carbocycles. The van der Waals surface area contributed by atoms with E-state index in [2.05, 4.69) is 15.7 Å². The third kappa shape index (κ3) is 4.60. The second-order valence-corrected chi connectivity index (χ2v) is 7.03. The van der Waals surface area contributed by atoms with E-state index in [4.69, 9.17) is 0 Å². The van der Waals surface area contributed by atoms with Crippen LogP contribution in [0.2, 0.25) is 0 Å². The van der Waals surface area contributed by atoms with Crippen LogP contribution in [0.25, 0.3) is 5.69 Å². The van der Waals surface area contributed by atoms with Gasteiger partial charge in [-0.25, -0.2) is 18.0 Å². The number of carbonyl (C=O) groups is 1. The summed E-state index contributed by atoms with van der Waals surface area (Å²) in [5.74, 6) is -3.01. The van der Waals surface area contributed by atoms with Gasteiger partial charge in [-0.15, -0.1) is 0 Å². The molecule has 0 unspecified atom stereocenters. The Balaban J connectivity index is 1.88. The molecule has 31 heavy (non-hydrogen) atoms. The Labute approximate surface area is 175 Å². The summed E-state index contributed by atoms with van der Waals surface area (Å²) >= 11 is 0.